The van der Waals surface area contributed by atoms with E-state index in [1.807, 2.05) is 13.8 Å². The van der Waals surface area contributed by atoms with Crippen LogP contribution in [0.2, 0.25) is 0 Å². The van der Waals surface area contributed by atoms with Crippen LogP contribution in [0.4, 0.5) is 4.79 Å². The minimum atomic E-state index is -1.31. The number of aliphatic hydroxyl groups is 1. The van der Waals surface area contributed by atoms with Gasteiger partial charge in [0.15, 0.2) is 5.41 Å². The van der Waals surface area contributed by atoms with E-state index in [0.717, 1.165) is 25.5 Å². The van der Waals surface area contributed by atoms with Crippen LogP contribution in [-0.4, -0.2) is 34.8 Å². The van der Waals surface area contributed by atoms with Crippen molar-refractivity contribution in [1.29, 1.82) is 0 Å². The molecule has 1 aliphatic heterocycles. The second-order valence-electron chi connectivity index (χ2n) is 8.07. The van der Waals surface area contributed by atoms with Crippen molar-refractivity contribution in [3.05, 3.63) is 35.9 Å². The van der Waals surface area contributed by atoms with Crippen molar-refractivity contribution in [2.75, 3.05) is 0 Å². The second kappa shape index (κ2) is 10.9. The number of hydrogen-bond acceptors (Lipinski definition) is 5. The van der Waals surface area contributed by atoms with Gasteiger partial charge in [-0.05, 0) is 38.2 Å². The fourth-order valence-electron chi connectivity index (χ4n) is 3.23. The smallest absolute Gasteiger partial charge is 0.328 e. The van der Waals surface area contributed by atoms with Crippen molar-refractivity contribution in [3.8, 4) is 0 Å². The third-order valence-corrected chi connectivity index (χ3v) is 5.01. The molecule has 1 saturated heterocycles. The summed E-state index contributed by atoms with van der Waals surface area (Å²) >= 11 is 0. The highest BCUT2D eigenvalue weighted by Gasteiger charge is 2.50. The van der Waals surface area contributed by atoms with Crippen LogP contribution in [0.5, 0.6) is 0 Å². The minimum Gasteiger partial charge on any atom is -0.390 e. The van der Waals surface area contributed by atoms with Gasteiger partial charge in [0.1, 0.15) is 6.29 Å². The lowest BCUT2D eigenvalue weighted by atomic mass is 9.75. The molecule has 1 unspecified atom stereocenters. The van der Waals surface area contributed by atoms with Gasteiger partial charge >= 0.3 is 6.03 Å². The first kappa shape index (κ1) is 24.5. The maximum atomic E-state index is 12.0. The van der Waals surface area contributed by atoms with E-state index in [4.69, 9.17) is 0 Å². The molecular formula is C22H32N2O5. The number of urea groups is 1. The van der Waals surface area contributed by atoms with E-state index in [1.165, 1.54) is 0 Å². The first-order chi connectivity index (χ1) is 13.6. The van der Waals surface area contributed by atoms with Crippen molar-refractivity contribution in [1.82, 2.24) is 10.6 Å². The molecule has 1 aromatic rings. The van der Waals surface area contributed by atoms with Gasteiger partial charge in [-0.15, -0.1) is 0 Å². The first-order valence-electron chi connectivity index (χ1n) is 9.95. The van der Waals surface area contributed by atoms with Gasteiger partial charge in [0.25, 0.3) is 0 Å². The van der Waals surface area contributed by atoms with Crippen LogP contribution in [0, 0.1) is 5.92 Å². The summed E-state index contributed by atoms with van der Waals surface area (Å²) in [6.45, 7) is 7.44. The summed E-state index contributed by atoms with van der Waals surface area (Å²) < 4.78 is 0. The first-order valence-corrected chi connectivity index (χ1v) is 9.95. The molecule has 0 radical (unpaired) electrons. The van der Waals surface area contributed by atoms with Crippen LogP contribution < -0.4 is 10.6 Å². The number of hydrogen-bond donors (Lipinski definition) is 3. The molecule has 1 atom stereocenters. The molecule has 0 saturated carbocycles. The number of carbonyl (C=O) groups is 4. The molecule has 0 spiro atoms. The van der Waals surface area contributed by atoms with E-state index < -0.39 is 28.9 Å². The monoisotopic (exact) mass is 404 g/mol. The van der Waals surface area contributed by atoms with Gasteiger partial charge in [-0.25, -0.2) is 4.79 Å². The number of amides is 4. The number of aldehydes is 1. The number of benzene rings is 1. The average Bonchev–Trinajstić information content (AvgIpc) is 2.62. The molecule has 1 heterocycles. The molecule has 0 aromatic heterocycles. The summed E-state index contributed by atoms with van der Waals surface area (Å²) in [6.07, 6.45) is 4.75. The highest BCUT2D eigenvalue weighted by molar-refractivity contribution is 6.22. The summed E-state index contributed by atoms with van der Waals surface area (Å²) in [7, 11) is 0. The fourth-order valence-corrected chi connectivity index (χ4v) is 3.23. The van der Waals surface area contributed by atoms with Gasteiger partial charge < -0.3 is 9.90 Å². The lowest BCUT2D eigenvalue weighted by molar-refractivity contribution is -0.138. The molecule has 3 N–H and O–H groups in total. The van der Waals surface area contributed by atoms with Crippen LogP contribution in [0.15, 0.2) is 30.3 Å². The molecule has 7 heteroatoms. The number of barbiturate groups is 1. The average molecular weight is 405 g/mol. The zero-order chi connectivity index (χ0) is 22.1. The minimum absolute atomic E-state index is 0.294. The van der Waals surface area contributed by atoms with Crippen LogP contribution in [-0.2, 0) is 19.8 Å². The molecule has 0 bridgehead atoms. The summed E-state index contributed by atoms with van der Waals surface area (Å²) in [6, 6.07) is 7.96. The zero-order valence-electron chi connectivity index (χ0n) is 17.7. The Bertz CT molecular complexity index is 690. The van der Waals surface area contributed by atoms with Crippen molar-refractivity contribution < 1.29 is 24.3 Å². The molecule has 7 nitrogen and oxygen atoms in total. The maximum Gasteiger partial charge on any atom is 0.328 e. The highest BCUT2D eigenvalue weighted by atomic mass is 16.3. The summed E-state index contributed by atoms with van der Waals surface area (Å²) in [5, 5.41) is 13.7. The van der Waals surface area contributed by atoms with E-state index in [0.29, 0.717) is 24.3 Å². The lowest BCUT2D eigenvalue weighted by Crippen LogP contribution is -2.64. The quantitative estimate of drug-likeness (QED) is 0.455. The number of rotatable bonds is 8. The third-order valence-electron chi connectivity index (χ3n) is 5.01. The van der Waals surface area contributed by atoms with Crippen LogP contribution >= 0.6 is 0 Å². The van der Waals surface area contributed by atoms with Crippen molar-refractivity contribution in [2.24, 2.45) is 5.92 Å². The van der Waals surface area contributed by atoms with Crippen molar-refractivity contribution >= 4 is 24.1 Å². The van der Waals surface area contributed by atoms with E-state index >= 15 is 0 Å². The Kier molecular flexibility index (Phi) is 9.17. The SMILES string of the molecule is CC(CC=O)CCCC(C)(C)O.CCC1(c2ccccc2)C(=O)NC(=O)NC1=O. The van der Waals surface area contributed by atoms with Gasteiger partial charge in [0.2, 0.25) is 11.8 Å². The third kappa shape index (κ3) is 7.09. The Morgan fingerprint density at radius 1 is 1.10 bits per heavy atom. The van der Waals surface area contributed by atoms with E-state index in [1.54, 1.807) is 37.3 Å². The molecule has 1 fully saturated rings. The van der Waals surface area contributed by atoms with Gasteiger partial charge in [-0.2, -0.15) is 0 Å². The van der Waals surface area contributed by atoms with E-state index in [2.05, 4.69) is 17.6 Å². The molecule has 29 heavy (non-hydrogen) atoms. The molecule has 0 aliphatic carbocycles. The Morgan fingerprint density at radius 2 is 1.66 bits per heavy atom. The van der Waals surface area contributed by atoms with Gasteiger partial charge in [0, 0.05) is 6.42 Å². The molecule has 160 valence electrons. The number of carbonyl (C=O) groups excluding carboxylic acids is 4. The molecular weight excluding hydrogens is 372 g/mol. The predicted molar refractivity (Wildman–Crippen MR) is 110 cm³/mol. The Morgan fingerprint density at radius 3 is 2.10 bits per heavy atom. The lowest BCUT2D eigenvalue weighted by Gasteiger charge is -2.33. The second-order valence-corrected chi connectivity index (χ2v) is 8.07. The Hall–Kier alpha value is -2.54. The molecule has 1 aromatic carbocycles. The van der Waals surface area contributed by atoms with Crippen LogP contribution in [0.25, 0.3) is 0 Å². The summed E-state index contributed by atoms with van der Waals surface area (Å²) in [5.41, 5.74) is -1.28. The van der Waals surface area contributed by atoms with Crippen molar-refractivity contribution in [3.63, 3.8) is 0 Å². The largest absolute Gasteiger partial charge is 0.390 e. The summed E-state index contributed by atoms with van der Waals surface area (Å²) in [4.78, 5) is 45.1. The van der Waals surface area contributed by atoms with Gasteiger partial charge in [0.05, 0.1) is 5.60 Å². The fraction of sp³-hybridized carbons (Fsp3) is 0.545. The van der Waals surface area contributed by atoms with Gasteiger partial charge in [-0.1, -0.05) is 57.0 Å². The van der Waals surface area contributed by atoms with Crippen molar-refractivity contribution in [2.45, 2.75) is 70.8 Å². The standard InChI is InChI=1S/C12H12N2O3.C10H20O2/c1-2-12(8-6-4-3-5-7-8)9(15)13-11(17)14-10(12)16;1-9(6-8-11)5-4-7-10(2,3)12/h3-7H,2H2,1H3,(H2,13,14,15,16,17);8-9,12H,4-7H2,1-3H3. The van der Waals surface area contributed by atoms with E-state index in [9.17, 15) is 24.3 Å². The predicted octanol–water partition coefficient (Wildman–Crippen LogP) is 2.85. The normalized spacial score (nSPS) is 16.8. The van der Waals surface area contributed by atoms with Crippen LogP contribution in [0.1, 0.15) is 65.4 Å². The number of imide groups is 2. The molecule has 1 aliphatic rings. The zero-order valence-corrected chi connectivity index (χ0v) is 17.7. The highest BCUT2D eigenvalue weighted by Crippen LogP contribution is 2.30. The summed E-state index contributed by atoms with van der Waals surface area (Å²) in [5.74, 6) is -0.676. The van der Waals surface area contributed by atoms with Crippen LogP contribution in [0.3, 0.4) is 0 Å². The Balaban J connectivity index is 0.000000311. The Labute approximate surface area is 172 Å². The van der Waals surface area contributed by atoms with E-state index in [-0.39, 0.29) is 0 Å². The molecule has 4 amide bonds. The molecule has 2 rings (SSSR count). The maximum absolute atomic E-state index is 12.0. The van der Waals surface area contributed by atoms with Gasteiger partial charge in [-0.3, -0.25) is 20.2 Å². The number of nitrogens with one attached hydrogen (secondary N) is 2. The topological polar surface area (TPSA) is 113 Å².